The van der Waals surface area contributed by atoms with Crippen LogP contribution >= 0.6 is 23.4 Å². The molecule has 0 bridgehead atoms. The maximum atomic E-state index is 12.8. The summed E-state index contributed by atoms with van der Waals surface area (Å²) in [7, 11) is 0. The molecule has 2 aliphatic rings. The molecular weight excluding hydrogens is 372 g/mol. The Morgan fingerprint density at radius 1 is 1.31 bits per heavy atom. The predicted octanol–water partition coefficient (Wildman–Crippen LogP) is 1.94. The first-order valence-corrected chi connectivity index (χ1v) is 9.42. The van der Waals surface area contributed by atoms with Crippen molar-refractivity contribution in [2.24, 2.45) is 10.1 Å². The zero-order valence-electron chi connectivity index (χ0n) is 13.8. The number of carbonyl (C=O) groups excluding carboxylic acids is 1. The van der Waals surface area contributed by atoms with E-state index in [0.717, 1.165) is 16.5 Å². The summed E-state index contributed by atoms with van der Waals surface area (Å²) in [6.07, 6.45) is -0.545. The molecular formula is C18H15ClN4O2S. The van der Waals surface area contributed by atoms with Gasteiger partial charge in [0.05, 0.1) is 10.4 Å². The third-order valence-corrected chi connectivity index (χ3v) is 5.11. The number of halogens is 1. The van der Waals surface area contributed by atoms with Crippen LogP contribution in [-0.2, 0) is 4.79 Å². The van der Waals surface area contributed by atoms with E-state index in [9.17, 15) is 9.90 Å². The molecule has 0 radical (unpaired) electrons. The molecule has 2 heterocycles. The van der Waals surface area contributed by atoms with Crippen LogP contribution in [0.25, 0.3) is 5.70 Å². The van der Waals surface area contributed by atoms with Crippen molar-refractivity contribution in [1.29, 1.82) is 0 Å². The fourth-order valence-electron chi connectivity index (χ4n) is 2.93. The summed E-state index contributed by atoms with van der Waals surface area (Å²) < 4.78 is 0. The summed E-state index contributed by atoms with van der Waals surface area (Å²) >= 11 is 7.53. The third kappa shape index (κ3) is 2.83. The lowest BCUT2D eigenvalue weighted by Crippen LogP contribution is -2.50. The molecule has 2 aromatic carbocycles. The van der Waals surface area contributed by atoms with E-state index in [0.29, 0.717) is 16.2 Å². The van der Waals surface area contributed by atoms with Gasteiger partial charge in [0.15, 0.2) is 11.3 Å². The van der Waals surface area contributed by atoms with Gasteiger partial charge >= 0.3 is 0 Å². The first-order valence-electron chi connectivity index (χ1n) is 8.06. The number of nitrogens with zero attached hydrogens (tertiary/aromatic N) is 3. The van der Waals surface area contributed by atoms with Crippen LogP contribution in [0.15, 0.2) is 52.6 Å². The molecule has 2 aliphatic heterocycles. The fraction of sp³-hybridized carbons (Fsp3) is 0.167. The van der Waals surface area contributed by atoms with Gasteiger partial charge < -0.3 is 5.11 Å². The summed E-state index contributed by atoms with van der Waals surface area (Å²) in [5, 5.41) is 21.0. The Hall–Kier alpha value is -2.51. The lowest BCUT2D eigenvalue weighted by Gasteiger charge is -2.34. The number of fused-ring (bicyclic) bond motifs is 2. The third-order valence-electron chi connectivity index (χ3n) is 4.07. The smallest absolute Gasteiger partial charge is 0.276 e. The van der Waals surface area contributed by atoms with Crippen LogP contribution in [0.2, 0.25) is 5.02 Å². The van der Waals surface area contributed by atoms with Crippen molar-refractivity contribution in [3.63, 3.8) is 0 Å². The number of aromatic hydroxyl groups is 1. The molecule has 0 aromatic heterocycles. The lowest BCUT2D eigenvalue weighted by molar-refractivity contribution is -0.116. The Morgan fingerprint density at radius 3 is 2.88 bits per heavy atom. The second kappa shape index (κ2) is 6.66. The van der Waals surface area contributed by atoms with Crippen molar-refractivity contribution in [2.45, 2.75) is 13.1 Å². The number of carbonyl (C=O) groups is 1. The number of hydrogen-bond donors (Lipinski definition) is 2. The molecule has 132 valence electrons. The Labute approximate surface area is 158 Å². The highest BCUT2D eigenvalue weighted by Gasteiger charge is 2.34. The molecule has 8 heteroatoms. The van der Waals surface area contributed by atoms with E-state index in [4.69, 9.17) is 16.6 Å². The van der Waals surface area contributed by atoms with Crippen molar-refractivity contribution >= 4 is 40.1 Å². The molecule has 2 aromatic rings. The van der Waals surface area contributed by atoms with E-state index in [1.807, 2.05) is 31.2 Å². The number of hydrogen-bond acceptors (Lipinski definition) is 6. The second-order valence-electron chi connectivity index (χ2n) is 5.72. The van der Waals surface area contributed by atoms with E-state index in [1.54, 1.807) is 17.1 Å². The maximum absolute atomic E-state index is 12.8. The van der Waals surface area contributed by atoms with Crippen molar-refractivity contribution in [2.75, 3.05) is 5.75 Å². The number of rotatable bonds is 2. The van der Waals surface area contributed by atoms with Gasteiger partial charge in [0.25, 0.3) is 5.91 Å². The number of phenolic OH excluding ortho intramolecular Hbond substituents is 1. The van der Waals surface area contributed by atoms with Gasteiger partial charge in [-0.05, 0) is 24.0 Å². The average Bonchev–Trinajstić information content (AvgIpc) is 2.63. The molecule has 2 N–H and O–H groups in total. The van der Waals surface area contributed by atoms with Gasteiger partial charge in [0.1, 0.15) is 11.4 Å². The molecule has 0 saturated carbocycles. The highest BCUT2D eigenvalue weighted by molar-refractivity contribution is 8.13. The van der Waals surface area contributed by atoms with Gasteiger partial charge in [-0.25, -0.2) is 5.01 Å². The summed E-state index contributed by atoms with van der Waals surface area (Å²) in [5.41, 5.74) is 1.18. The summed E-state index contributed by atoms with van der Waals surface area (Å²) in [6, 6.07) is 12.4. The first kappa shape index (κ1) is 16.9. The number of phenols is 1. The fourth-order valence-corrected chi connectivity index (χ4v) is 3.70. The van der Waals surface area contributed by atoms with Crippen LogP contribution < -0.4 is 15.9 Å². The zero-order chi connectivity index (χ0) is 18.3. The molecule has 26 heavy (non-hydrogen) atoms. The number of hydrazone groups is 1. The number of para-hydroxylation sites is 1. The zero-order valence-corrected chi connectivity index (χ0v) is 15.4. The molecule has 0 fully saturated rings. The lowest BCUT2D eigenvalue weighted by atomic mass is 10.1. The minimum absolute atomic E-state index is 0.00190. The van der Waals surface area contributed by atoms with Gasteiger partial charge in [0.2, 0.25) is 0 Å². The predicted molar refractivity (Wildman–Crippen MR) is 102 cm³/mol. The summed E-state index contributed by atoms with van der Waals surface area (Å²) in [5.74, 6) is 0.567. The van der Waals surface area contributed by atoms with Gasteiger partial charge in [-0.2, -0.15) is 0 Å². The highest BCUT2D eigenvalue weighted by Crippen LogP contribution is 2.34. The Bertz CT molecular complexity index is 1050. The van der Waals surface area contributed by atoms with E-state index in [1.165, 1.54) is 17.8 Å². The number of thioether (sulfide) groups is 1. The van der Waals surface area contributed by atoms with Gasteiger partial charge in [-0.1, -0.05) is 54.6 Å². The molecule has 4 rings (SSSR count). The monoisotopic (exact) mass is 386 g/mol. The number of amidine groups is 1. The van der Waals surface area contributed by atoms with Gasteiger partial charge in [-0.15, -0.1) is 5.10 Å². The average molecular weight is 387 g/mol. The standard InChI is InChI=1S/C18H15ClN4O2S/c1-2-26-18-21-17(25)15-11-5-3-4-6-13(11)20-16(23(15)22-18)10-7-8-14(24)12(19)9-10/h3-9,16,24H,2H2,1H3,(H,21,22,25). The maximum Gasteiger partial charge on any atom is 0.276 e. The van der Waals surface area contributed by atoms with Crippen molar-refractivity contribution < 1.29 is 9.90 Å². The summed E-state index contributed by atoms with van der Waals surface area (Å²) in [4.78, 5) is 17.6. The van der Waals surface area contributed by atoms with E-state index in [-0.39, 0.29) is 16.7 Å². The minimum Gasteiger partial charge on any atom is -0.506 e. The molecule has 0 saturated heterocycles. The topological polar surface area (TPSA) is 77.3 Å². The minimum atomic E-state index is -0.545. The van der Waals surface area contributed by atoms with Crippen LogP contribution in [-0.4, -0.2) is 26.9 Å². The van der Waals surface area contributed by atoms with E-state index in [2.05, 4.69) is 10.4 Å². The van der Waals surface area contributed by atoms with Crippen molar-refractivity contribution in [3.05, 3.63) is 63.6 Å². The molecule has 6 nitrogen and oxygen atoms in total. The number of nitrogens with one attached hydrogen (secondary N) is 1. The van der Waals surface area contributed by atoms with Gasteiger partial charge in [-0.3, -0.25) is 15.1 Å². The SMILES string of the molecule is CCSC1=NN2C(=c3ccccc3=NC2c2ccc(O)c(Cl)c2)C(=O)N1. The Morgan fingerprint density at radius 2 is 2.12 bits per heavy atom. The number of amides is 1. The van der Waals surface area contributed by atoms with Crippen LogP contribution in [0.5, 0.6) is 5.75 Å². The largest absolute Gasteiger partial charge is 0.506 e. The Kier molecular flexibility index (Phi) is 4.34. The summed E-state index contributed by atoms with van der Waals surface area (Å²) in [6.45, 7) is 1.99. The van der Waals surface area contributed by atoms with E-state index < -0.39 is 6.17 Å². The van der Waals surface area contributed by atoms with Gasteiger partial charge in [0, 0.05) is 10.8 Å². The number of benzene rings is 2. The Balaban J connectivity index is 1.95. The molecule has 0 spiro atoms. The molecule has 1 atom stereocenters. The quantitative estimate of drug-likeness (QED) is 0.827. The normalized spacial score (nSPS) is 18.5. The van der Waals surface area contributed by atoms with Crippen LogP contribution in [0.4, 0.5) is 0 Å². The highest BCUT2D eigenvalue weighted by atomic mass is 35.5. The van der Waals surface area contributed by atoms with Crippen molar-refractivity contribution in [1.82, 2.24) is 10.3 Å². The molecule has 0 aliphatic carbocycles. The van der Waals surface area contributed by atoms with Crippen LogP contribution in [0.3, 0.4) is 0 Å². The first-order chi connectivity index (χ1) is 12.6. The van der Waals surface area contributed by atoms with Crippen LogP contribution in [0.1, 0.15) is 18.7 Å². The van der Waals surface area contributed by atoms with E-state index >= 15 is 0 Å². The second-order valence-corrected chi connectivity index (χ2v) is 7.38. The molecule has 1 unspecified atom stereocenters. The van der Waals surface area contributed by atoms with Crippen molar-refractivity contribution in [3.8, 4) is 5.75 Å². The van der Waals surface area contributed by atoms with Crippen LogP contribution in [0, 0.1) is 0 Å². The molecule has 1 amide bonds.